The number of nitrogens with one attached hydrogen (secondary N) is 2. The first-order valence-electron chi connectivity index (χ1n) is 11.0. The van der Waals surface area contributed by atoms with Crippen molar-refractivity contribution in [3.05, 3.63) is 41.5 Å². The zero-order chi connectivity index (χ0) is 21.3. The molecular formula is C23H33N3O4. The Labute approximate surface area is 178 Å². The first-order valence-corrected chi connectivity index (χ1v) is 11.0. The van der Waals surface area contributed by atoms with E-state index in [4.69, 9.17) is 5.21 Å². The summed E-state index contributed by atoms with van der Waals surface area (Å²) in [6.07, 6.45) is 10.5. The number of carbonyl (C=O) groups is 2. The minimum Gasteiger partial charge on any atom is -0.480 e. The number of hydrogen-bond donors (Lipinski definition) is 4. The minimum atomic E-state index is -0.699. The van der Waals surface area contributed by atoms with Crippen molar-refractivity contribution in [3.63, 3.8) is 0 Å². The van der Waals surface area contributed by atoms with Gasteiger partial charge in [0.05, 0.1) is 0 Å². The van der Waals surface area contributed by atoms with E-state index in [1.807, 2.05) is 24.3 Å². The van der Waals surface area contributed by atoms with Gasteiger partial charge in [0.2, 0.25) is 0 Å². The van der Waals surface area contributed by atoms with Crippen molar-refractivity contribution in [2.24, 2.45) is 5.92 Å². The van der Waals surface area contributed by atoms with Gasteiger partial charge in [-0.1, -0.05) is 43.5 Å². The van der Waals surface area contributed by atoms with Gasteiger partial charge in [-0.05, 0) is 61.9 Å². The van der Waals surface area contributed by atoms with Crippen LogP contribution in [-0.4, -0.2) is 52.3 Å². The van der Waals surface area contributed by atoms with Crippen LogP contribution in [0.1, 0.15) is 56.1 Å². The molecule has 1 aliphatic carbocycles. The zero-order valence-corrected chi connectivity index (χ0v) is 17.4. The number of amides is 1. The van der Waals surface area contributed by atoms with Crippen LogP contribution in [0.15, 0.2) is 30.3 Å². The number of carboxylic acids is 1. The summed E-state index contributed by atoms with van der Waals surface area (Å²) < 4.78 is 0. The normalized spacial score (nSPS) is 20.3. The van der Waals surface area contributed by atoms with Gasteiger partial charge in [-0.25, -0.2) is 5.48 Å². The van der Waals surface area contributed by atoms with Gasteiger partial charge in [-0.3, -0.25) is 19.7 Å². The van der Waals surface area contributed by atoms with Crippen LogP contribution in [0.4, 0.5) is 0 Å². The monoisotopic (exact) mass is 415 g/mol. The van der Waals surface area contributed by atoms with Gasteiger partial charge < -0.3 is 10.4 Å². The van der Waals surface area contributed by atoms with E-state index < -0.39 is 17.9 Å². The van der Waals surface area contributed by atoms with Crippen molar-refractivity contribution in [1.29, 1.82) is 0 Å². The van der Waals surface area contributed by atoms with Crippen LogP contribution in [0.5, 0.6) is 0 Å². The molecule has 30 heavy (non-hydrogen) atoms. The van der Waals surface area contributed by atoms with Crippen LogP contribution in [-0.2, 0) is 16.1 Å². The summed E-state index contributed by atoms with van der Waals surface area (Å²) in [4.78, 5) is 25.2. The van der Waals surface area contributed by atoms with Crippen molar-refractivity contribution in [1.82, 2.24) is 15.7 Å². The molecule has 2 fully saturated rings. The Bertz CT molecular complexity index is 720. The number of benzene rings is 1. The topological polar surface area (TPSA) is 102 Å². The molecule has 7 heteroatoms. The fraction of sp³-hybridized carbons (Fsp3) is 0.565. The number of carboxylic acid groups (broad SMARTS) is 1. The van der Waals surface area contributed by atoms with Gasteiger partial charge >= 0.3 is 5.97 Å². The molecule has 4 N–H and O–H groups in total. The van der Waals surface area contributed by atoms with Crippen molar-refractivity contribution in [2.45, 2.75) is 63.6 Å². The molecule has 3 rings (SSSR count). The van der Waals surface area contributed by atoms with E-state index in [0.29, 0.717) is 0 Å². The van der Waals surface area contributed by atoms with E-state index in [-0.39, 0.29) is 12.0 Å². The molecular weight excluding hydrogens is 382 g/mol. The number of aliphatic carboxylic acids is 1. The lowest BCUT2D eigenvalue weighted by atomic mass is 9.83. The smallest absolute Gasteiger partial charge is 0.320 e. The highest BCUT2D eigenvalue weighted by Crippen LogP contribution is 2.27. The second kappa shape index (κ2) is 11.2. The fourth-order valence-electron chi connectivity index (χ4n) is 4.59. The molecule has 1 aromatic rings. The summed E-state index contributed by atoms with van der Waals surface area (Å²) in [5.74, 6) is -0.982. The quantitative estimate of drug-likeness (QED) is 0.296. The maximum absolute atomic E-state index is 11.8. The molecule has 7 nitrogen and oxygen atoms in total. The highest BCUT2D eigenvalue weighted by atomic mass is 16.5. The Morgan fingerprint density at radius 1 is 1.07 bits per heavy atom. The van der Waals surface area contributed by atoms with E-state index in [0.717, 1.165) is 63.7 Å². The summed E-state index contributed by atoms with van der Waals surface area (Å²) in [6, 6.07) is 7.86. The van der Waals surface area contributed by atoms with Crippen LogP contribution in [0, 0.1) is 5.92 Å². The van der Waals surface area contributed by atoms with Gasteiger partial charge in [-0.2, -0.15) is 0 Å². The number of hydroxylamine groups is 1. The molecule has 164 valence electrons. The average Bonchev–Trinajstić information content (AvgIpc) is 2.78. The third kappa shape index (κ3) is 6.65. The second-order valence-electron chi connectivity index (χ2n) is 8.48. The molecule has 1 atom stereocenters. The Balaban J connectivity index is 1.45. The van der Waals surface area contributed by atoms with Crippen molar-refractivity contribution in [3.8, 4) is 0 Å². The second-order valence-corrected chi connectivity index (χ2v) is 8.48. The first-order chi connectivity index (χ1) is 14.5. The van der Waals surface area contributed by atoms with E-state index >= 15 is 0 Å². The Morgan fingerprint density at radius 3 is 2.33 bits per heavy atom. The van der Waals surface area contributed by atoms with Gasteiger partial charge in [0.25, 0.3) is 5.91 Å². The van der Waals surface area contributed by atoms with Crippen LogP contribution in [0.25, 0.3) is 6.08 Å². The highest BCUT2D eigenvalue weighted by Gasteiger charge is 2.32. The van der Waals surface area contributed by atoms with E-state index in [1.165, 1.54) is 18.1 Å². The fourth-order valence-corrected chi connectivity index (χ4v) is 4.59. The maximum atomic E-state index is 11.8. The van der Waals surface area contributed by atoms with Gasteiger partial charge in [0.1, 0.15) is 6.04 Å². The molecule has 2 aliphatic rings. The number of rotatable bonds is 8. The number of piperidine rings is 1. The molecule has 0 radical (unpaired) electrons. The van der Waals surface area contributed by atoms with Crippen LogP contribution < -0.4 is 10.8 Å². The lowest BCUT2D eigenvalue weighted by Gasteiger charge is -2.36. The Kier molecular flexibility index (Phi) is 8.42. The number of nitrogens with zero attached hydrogens (tertiary/aromatic N) is 1. The molecule has 1 saturated carbocycles. The number of carbonyl (C=O) groups excluding carboxylic acids is 1. The third-order valence-corrected chi connectivity index (χ3v) is 6.31. The summed E-state index contributed by atoms with van der Waals surface area (Å²) in [7, 11) is 0. The summed E-state index contributed by atoms with van der Waals surface area (Å²) in [5, 5.41) is 21.7. The molecule has 1 heterocycles. The predicted molar refractivity (Wildman–Crippen MR) is 115 cm³/mol. The summed E-state index contributed by atoms with van der Waals surface area (Å²) in [5.41, 5.74) is 3.67. The molecule has 1 aromatic carbocycles. The van der Waals surface area contributed by atoms with Crippen LogP contribution in [0.3, 0.4) is 0 Å². The first kappa shape index (κ1) is 22.5. The van der Waals surface area contributed by atoms with Gasteiger partial charge in [0, 0.05) is 18.7 Å². The van der Waals surface area contributed by atoms with E-state index in [9.17, 15) is 14.7 Å². The number of likely N-dealkylation sites (tertiary alicyclic amines) is 1. The zero-order valence-electron chi connectivity index (χ0n) is 17.4. The third-order valence-electron chi connectivity index (χ3n) is 6.31. The Morgan fingerprint density at radius 2 is 1.73 bits per heavy atom. The Hall–Kier alpha value is -2.22. The largest absolute Gasteiger partial charge is 0.480 e. The summed E-state index contributed by atoms with van der Waals surface area (Å²) >= 11 is 0. The van der Waals surface area contributed by atoms with Crippen molar-refractivity contribution >= 4 is 18.0 Å². The lowest BCUT2D eigenvalue weighted by molar-refractivity contribution is -0.141. The SMILES string of the molecule is O=C(/C=C/c1ccc(CN2CCC(N[C@H](C(=O)O)C3CCCCC3)CC2)cc1)NO. The molecule has 0 unspecified atom stereocenters. The molecule has 1 amide bonds. The van der Waals surface area contributed by atoms with Gasteiger partial charge in [-0.15, -0.1) is 0 Å². The molecule has 1 saturated heterocycles. The molecule has 0 bridgehead atoms. The van der Waals surface area contributed by atoms with E-state index in [1.54, 1.807) is 11.6 Å². The average molecular weight is 416 g/mol. The molecule has 0 aromatic heterocycles. The van der Waals surface area contributed by atoms with Crippen LogP contribution in [0.2, 0.25) is 0 Å². The minimum absolute atomic E-state index is 0.269. The maximum Gasteiger partial charge on any atom is 0.320 e. The standard InChI is InChI=1S/C23H33N3O4/c27-21(25-30)11-10-17-6-8-18(9-7-17)16-26-14-12-20(13-15-26)24-22(23(28)29)19-4-2-1-3-5-19/h6-11,19-20,22,24,30H,1-5,12-16H2,(H,25,27)(H,28,29)/b11-10+/t22-/m0/s1. The lowest BCUT2D eigenvalue weighted by Crippen LogP contribution is -2.51. The van der Waals surface area contributed by atoms with E-state index in [2.05, 4.69) is 10.2 Å². The van der Waals surface area contributed by atoms with Crippen molar-refractivity contribution < 1.29 is 19.9 Å². The number of hydrogen-bond acceptors (Lipinski definition) is 5. The highest BCUT2D eigenvalue weighted by molar-refractivity contribution is 5.90. The summed E-state index contributed by atoms with van der Waals surface area (Å²) in [6.45, 7) is 2.76. The molecule has 1 aliphatic heterocycles. The van der Waals surface area contributed by atoms with Crippen molar-refractivity contribution in [2.75, 3.05) is 13.1 Å². The van der Waals surface area contributed by atoms with Crippen LogP contribution >= 0.6 is 0 Å². The predicted octanol–water partition coefficient (Wildman–Crippen LogP) is 2.79. The van der Waals surface area contributed by atoms with Gasteiger partial charge in [0.15, 0.2) is 0 Å². The molecule has 0 spiro atoms.